The van der Waals surface area contributed by atoms with Gasteiger partial charge in [0.25, 0.3) is 0 Å². The first-order chi connectivity index (χ1) is 5.63. The number of piperidine rings is 1. The predicted octanol–water partition coefficient (Wildman–Crippen LogP) is 0.953. The third-order valence-corrected chi connectivity index (χ3v) is 2.70. The summed E-state index contributed by atoms with van der Waals surface area (Å²) in [5.74, 6) is -0.00315. The summed E-state index contributed by atoms with van der Waals surface area (Å²) in [5, 5.41) is 12.2. The third kappa shape index (κ3) is 1.97. The van der Waals surface area contributed by atoms with Crippen LogP contribution in [0.4, 0.5) is 0 Å². The number of carboxylic acid groups (broad SMARTS) is 1. The van der Waals surface area contributed by atoms with Crippen molar-refractivity contribution in [2.24, 2.45) is 17.8 Å². The van der Waals surface area contributed by atoms with Crippen LogP contribution in [0, 0.1) is 17.8 Å². The molecule has 0 aromatic heterocycles. The maximum absolute atomic E-state index is 10.8. The van der Waals surface area contributed by atoms with Gasteiger partial charge in [-0.3, -0.25) is 4.79 Å². The number of aliphatic carboxylic acids is 1. The highest BCUT2D eigenvalue weighted by atomic mass is 16.4. The molecule has 0 spiro atoms. The smallest absolute Gasteiger partial charge is 0.306 e. The third-order valence-electron chi connectivity index (χ3n) is 2.70. The summed E-state index contributed by atoms with van der Waals surface area (Å²) in [6.45, 7) is 5.88. The van der Waals surface area contributed by atoms with Gasteiger partial charge in [-0.25, -0.2) is 0 Å². The molecule has 70 valence electrons. The van der Waals surface area contributed by atoms with Crippen molar-refractivity contribution in [3.8, 4) is 0 Å². The van der Waals surface area contributed by atoms with Crippen LogP contribution in [-0.2, 0) is 4.79 Å². The maximum atomic E-state index is 10.8. The van der Waals surface area contributed by atoms with Gasteiger partial charge >= 0.3 is 5.97 Å². The summed E-state index contributed by atoms with van der Waals surface area (Å²) in [6, 6.07) is 0. The zero-order chi connectivity index (χ0) is 9.14. The first kappa shape index (κ1) is 9.52. The minimum Gasteiger partial charge on any atom is -0.481 e. The summed E-state index contributed by atoms with van der Waals surface area (Å²) >= 11 is 0. The molecule has 0 amide bonds. The van der Waals surface area contributed by atoms with E-state index in [0.717, 1.165) is 19.5 Å². The summed E-state index contributed by atoms with van der Waals surface area (Å²) in [6.07, 6.45) is 0.776. The van der Waals surface area contributed by atoms with Gasteiger partial charge in [0.1, 0.15) is 0 Å². The second-order valence-electron chi connectivity index (χ2n) is 3.85. The lowest BCUT2D eigenvalue weighted by molar-refractivity contribution is -0.145. The Labute approximate surface area is 73.2 Å². The molecule has 3 heteroatoms. The Balaban J connectivity index is 2.60. The predicted molar refractivity (Wildman–Crippen MR) is 46.9 cm³/mol. The van der Waals surface area contributed by atoms with E-state index >= 15 is 0 Å². The lowest BCUT2D eigenvalue weighted by Gasteiger charge is -2.31. The van der Waals surface area contributed by atoms with Crippen molar-refractivity contribution < 1.29 is 9.90 Å². The molecule has 0 bridgehead atoms. The zero-order valence-corrected chi connectivity index (χ0v) is 7.71. The number of carbonyl (C=O) groups is 1. The molecule has 0 saturated carbocycles. The molecule has 0 aromatic carbocycles. The van der Waals surface area contributed by atoms with Crippen LogP contribution in [-0.4, -0.2) is 24.2 Å². The van der Waals surface area contributed by atoms with Crippen LogP contribution in [0.1, 0.15) is 20.3 Å². The number of hydrogen-bond donors (Lipinski definition) is 2. The summed E-state index contributed by atoms with van der Waals surface area (Å²) in [5.41, 5.74) is 0. The number of rotatable bonds is 2. The molecule has 2 atom stereocenters. The first-order valence-electron chi connectivity index (χ1n) is 4.56. The van der Waals surface area contributed by atoms with Gasteiger partial charge in [0.05, 0.1) is 5.92 Å². The van der Waals surface area contributed by atoms with E-state index in [9.17, 15) is 4.79 Å². The summed E-state index contributed by atoms with van der Waals surface area (Å²) in [4.78, 5) is 10.8. The van der Waals surface area contributed by atoms with E-state index in [2.05, 4.69) is 19.2 Å². The van der Waals surface area contributed by atoms with Crippen LogP contribution in [0.3, 0.4) is 0 Å². The largest absolute Gasteiger partial charge is 0.481 e. The number of hydrogen-bond acceptors (Lipinski definition) is 2. The van der Waals surface area contributed by atoms with Gasteiger partial charge in [-0.2, -0.15) is 0 Å². The highest BCUT2D eigenvalue weighted by Gasteiger charge is 2.32. The lowest BCUT2D eigenvalue weighted by atomic mass is 9.79. The topological polar surface area (TPSA) is 49.3 Å². The van der Waals surface area contributed by atoms with Crippen molar-refractivity contribution >= 4 is 5.97 Å². The van der Waals surface area contributed by atoms with Gasteiger partial charge in [-0.05, 0) is 31.3 Å². The minimum absolute atomic E-state index is 0.133. The van der Waals surface area contributed by atoms with Crippen molar-refractivity contribution in [1.29, 1.82) is 0 Å². The van der Waals surface area contributed by atoms with E-state index < -0.39 is 5.97 Å². The molecule has 1 rings (SSSR count). The molecule has 12 heavy (non-hydrogen) atoms. The Kier molecular flexibility index (Phi) is 3.09. The Morgan fingerprint density at radius 3 is 2.67 bits per heavy atom. The monoisotopic (exact) mass is 171 g/mol. The molecule has 2 N–H and O–H groups in total. The zero-order valence-electron chi connectivity index (χ0n) is 7.71. The van der Waals surface area contributed by atoms with Gasteiger partial charge in [0, 0.05) is 0 Å². The second-order valence-corrected chi connectivity index (χ2v) is 3.85. The molecular formula is C9H17NO2. The molecular weight excluding hydrogens is 154 g/mol. The van der Waals surface area contributed by atoms with Crippen molar-refractivity contribution in [2.45, 2.75) is 20.3 Å². The second kappa shape index (κ2) is 3.90. The normalized spacial score (nSPS) is 30.6. The molecule has 3 nitrogen and oxygen atoms in total. The van der Waals surface area contributed by atoms with Gasteiger partial charge in [-0.15, -0.1) is 0 Å². The fraction of sp³-hybridized carbons (Fsp3) is 0.889. The quantitative estimate of drug-likeness (QED) is 0.650. The summed E-state index contributed by atoms with van der Waals surface area (Å²) < 4.78 is 0. The first-order valence-corrected chi connectivity index (χ1v) is 4.56. The number of nitrogens with one attached hydrogen (secondary N) is 1. The van der Waals surface area contributed by atoms with E-state index in [0.29, 0.717) is 11.8 Å². The Hall–Kier alpha value is -0.570. The van der Waals surface area contributed by atoms with Crippen molar-refractivity contribution in [1.82, 2.24) is 5.32 Å². The molecule has 0 unspecified atom stereocenters. The highest BCUT2D eigenvalue weighted by Crippen LogP contribution is 2.25. The van der Waals surface area contributed by atoms with Crippen molar-refractivity contribution in [3.05, 3.63) is 0 Å². The Morgan fingerprint density at radius 1 is 1.58 bits per heavy atom. The van der Waals surface area contributed by atoms with Crippen LogP contribution in [0.5, 0.6) is 0 Å². The van der Waals surface area contributed by atoms with Crippen LogP contribution in [0.15, 0.2) is 0 Å². The minimum atomic E-state index is -0.629. The summed E-state index contributed by atoms with van der Waals surface area (Å²) in [7, 11) is 0. The molecule has 0 aromatic rings. The van der Waals surface area contributed by atoms with Gasteiger partial charge in [-0.1, -0.05) is 13.8 Å². The van der Waals surface area contributed by atoms with Gasteiger partial charge < -0.3 is 10.4 Å². The average molecular weight is 171 g/mol. The SMILES string of the molecule is CC(C)[C@@H]1CNCC[C@@H]1C(=O)O. The van der Waals surface area contributed by atoms with E-state index in [1.807, 2.05) is 0 Å². The number of carboxylic acids is 1. The molecule has 0 aliphatic carbocycles. The fourth-order valence-corrected chi connectivity index (χ4v) is 1.89. The van der Waals surface area contributed by atoms with E-state index in [1.54, 1.807) is 0 Å². The molecule has 1 aliphatic rings. The van der Waals surface area contributed by atoms with Crippen LogP contribution >= 0.6 is 0 Å². The Morgan fingerprint density at radius 2 is 2.25 bits per heavy atom. The standard InChI is InChI=1S/C9H17NO2/c1-6(2)8-5-10-4-3-7(8)9(11)12/h6-8,10H,3-5H2,1-2H3,(H,11,12)/t7-,8-/m0/s1. The van der Waals surface area contributed by atoms with Gasteiger partial charge in [0.15, 0.2) is 0 Å². The maximum Gasteiger partial charge on any atom is 0.306 e. The van der Waals surface area contributed by atoms with Crippen LogP contribution in [0.2, 0.25) is 0 Å². The fourth-order valence-electron chi connectivity index (χ4n) is 1.89. The van der Waals surface area contributed by atoms with Crippen LogP contribution < -0.4 is 5.32 Å². The van der Waals surface area contributed by atoms with Crippen LogP contribution in [0.25, 0.3) is 0 Å². The Bertz CT molecular complexity index is 168. The van der Waals surface area contributed by atoms with E-state index in [1.165, 1.54) is 0 Å². The molecule has 1 heterocycles. The van der Waals surface area contributed by atoms with Gasteiger partial charge in [0.2, 0.25) is 0 Å². The molecule has 1 saturated heterocycles. The van der Waals surface area contributed by atoms with E-state index in [4.69, 9.17) is 5.11 Å². The molecule has 1 aliphatic heterocycles. The van der Waals surface area contributed by atoms with E-state index in [-0.39, 0.29) is 5.92 Å². The molecule has 0 radical (unpaired) electrons. The van der Waals surface area contributed by atoms with Crippen molar-refractivity contribution in [2.75, 3.05) is 13.1 Å². The lowest BCUT2D eigenvalue weighted by Crippen LogP contribution is -2.42. The van der Waals surface area contributed by atoms with Crippen molar-refractivity contribution in [3.63, 3.8) is 0 Å². The highest BCUT2D eigenvalue weighted by molar-refractivity contribution is 5.70. The molecule has 1 fully saturated rings. The average Bonchev–Trinajstić information content (AvgIpc) is 2.04.